The summed E-state index contributed by atoms with van der Waals surface area (Å²) in [4.78, 5) is 15.8. The van der Waals surface area contributed by atoms with Gasteiger partial charge < -0.3 is 38.3 Å². The number of sulfonamides is 1. The number of anilines is 1. The van der Waals surface area contributed by atoms with E-state index in [1.54, 1.807) is 26.4 Å². The Morgan fingerprint density at radius 2 is 1.64 bits per heavy atom. The molecule has 0 unspecified atom stereocenters. The van der Waals surface area contributed by atoms with Gasteiger partial charge in [0, 0.05) is 52.4 Å². The number of benzene rings is 3. The van der Waals surface area contributed by atoms with Crippen LogP contribution in [0.15, 0.2) is 71.6 Å². The van der Waals surface area contributed by atoms with E-state index in [9.17, 15) is 13.2 Å². The second kappa shape index (κ2) is 20.8. The van der Waals surface area contributed by atoms with E-state index in [0.29, 0.717) is 39.5 Å². The molecular formula is C44H65N3O9SSi. The molecule has 2 aliphatic heterocycles. The summed E-state index contributed by atoms with van der Waals surface area (Å²) in [6.45, 7) is 17.4. The van der Waals surface area contributed by atoms with Crippen molar-refractivity contribution in [3.63, 3.8) is 0 Å². The Hall–Kier alpha value is -3.34. The number of methoxy groups -OCH3 is 2. The molecule has 3 aromatic carbocycles. The van der Waals surface area contributed by atoms with Crippen LogP contribution in [-0.4, -0.2) is 113 Å². The lowest BCUT2D eigenvalue weighted by Gasteiger charge is -2.43. The van der Waals surface area contributed by atoms with Crippen LogP contribution in [0, 0.1) is 6.92 Å². The zero-order chi connectivity index (χ0) is 41.9. The molecule has 12 nitrogen and oxygen atoms in total. The molecule has 1 N–H and O–H groups in total. The Morgan fingerprint density at radius 3 is 2.33 bits per heavy atom. The lowest BCUT2D eigenvalue weighted by atomic mass is 9.83. The number of carbonyl (C=O) groups is 1. The molecular weight excluding hydrogens is 775 g/mol. The van der Waals surface area contributed by atoms with Crippen LogP contribution in [0.25, 0.3) is 0 Å². The summed E-state index contributed by atoms with van der Waals surface area (Å²) in [7, 11) is -2.81. The van der Waals surface area contributed by atoms with Gasteiger partial charge in [0.15, 0.2) is 8.32 Å². The van der Waals surface area contributed by atoms with E-state index in [4.69, 9.17) is 28.1 Å². The smallest absolute Gasteiger partial charge is 0.244 e. The maximum absolute atomic E-state index is 14.6. The third-order valence-electron chi connectivity index (χ3n) is 11.6. The largest absolute Gasteiger partial charge is 0.490 e. The van der Waals surface area contributed by atoms with E-state index in [1.165, 1.54) is 4.31 Å². The molecule has 1 fully saturated rings. The zero-order valence-corrected chi connectivity index (χ0v) is 37.6. The molecule has 0 aromatic heterocycles. The molecule has 0 bridgehead atoms. The Morgan fingerprint density at radius 1 is 0.931 bits per heavy atom. The number of rotatable bonds is 20. The Balaban J connectivity index is 1.43. The number of amides is 1. The molecule has 2 aliphatic rings. The van der Waals surface area contributed by atoms with Crippen molar-refractivity contribution in [2.75, 3.05) is 78.3 Å². The number of hydrogen-bond donors (Lipinski definition) is 1. The highest BCUT2D eigenvalue weighted by molar-refractivity contribution is 7.89. The van der Waals surface area contributed by atoms with E-state index in [-0.39, 0.29) is 48.1 Å². The molecule has 0 spiro atoms. The van der Waals surface area contributed by atoms with Crippen molar-refractivity contribution in [2.45, 2.75) is 94.8 Å². The number of hydrogen-bond acceptors (Lipinski definition) is 10. The molecule has 14 heteroatoms. The summed E-state index contributed by atoms with van der Waals surface area (Å²) in [6, 6.07) is 20.7. The van der Waals surface area contributed by atoms with Crippen LogP contribution in [0.3, 0.4) is 0 Å². The average Bonchev–Trinajstić information content (AvgIpc) is 3.20. The van der Waals surface area contributed by atoms with Gasteiger partial charge in [0.2, 0.25) is 15.9 Å². The minimum atomic E-state index is -3.99. The SMILES string of the molecule is COCCCN1CCOc2ccc(CO[C@H]3CN(S(=O)(=O)c4ccc(C)cc4)[C@@H](CNC(=O)CO[Si](C)(C)C(C)(C)C)C[C@@H]3c3ccc(COCCOC)cc3)cc21. The molecule has 0 aliphatic carbocycles. The highest BCUT2D eigenvalue weighted by Gasteiger charge is 2.43. The first-order valence-corrected chi connectivity index (χ1v) is 24.7. The quantitative estimate of drug-likeness (QED) is 0.0976. The van der Waals surface area contributed by atoms with Gasteiger partial charge >= 0.3 is 0 Å². The molecule has 3 atom stereocenters. The van der Waals surface area contributed by atoms with Gasteiger partial charge in [-0.2, -0.15) is 4.31 Å². The highest BCUT2D eigenvalue weighted by Crippen LogP contribution is 2.39. The second-order valence-electron chi connectivity index (χ2n) is 16.9. The monoisotopic (exact) mass is 839 g/mol. The molecule has 320 valence electrons. The van der Waals surface area contributed by atoms with Crippen molar-refractivity contribution in [1.29, 1.82) is 0 Å². The topological polar surface area (TPSA) is 125 Å². The van der Waals surface area contributed by atoms with Crippen molar-refractivity contribution in [1.82, 2.24) is 9.62 Å². The Labute approximate surface area is 347 Å². The number of nitrogens with zero attached hydrogens (tertiary/aromatic N) is 2. The van der Waals surface area contributed by atoms with Gasteiger partial charge in [0.1, 0.15) is 19.0 Å². The van der Waals surface area contributed by atoms with Gasteiger partial charge in [-0.3, -0.25) is 4.79 Å². The van der Waals surface area contributed by atoms with Crippen LogP contribution in [0.1, 0.15) is 61.8 Å². The standard InChI is InChI=1S/C44H65N3O9SSi/c1-33-10-17-38(18-11-33)57(49,50)47-29-42(55-31-35-14-19-41-40(26-35)46(21-23-54-41)20-9-22-51-5)39(36-15-12-34(13-16-36)30-53-25-24-52-6)27-37(47)28-45-43(48)32-56-58(7,8)44(2,3)4/h10-19,26,37,39,42H,9,20-25,27-32H2,1-8H3,(H,45,48)/t37-,39-,42+/m1/s1. The summed E-state index contributed by atoms with van der Waals surface area (Å²) >= 11 is 0. The summed E-state index contributed by atoms with van der Waals surface area (Å²) in [5.41, 5.74) is 4.99. The van der Waals surface area contributed by atoms with Crippen LogP contribution < -0.4 is 15.0 Å². The van der Waals surface area contributed by atoms with Crippen LogP contribution in [0.2, 0.25) is 18.1 Å². The van der Waals surface area contributed by atoms with Gasteiger partial charge in [0.25, 0.3) is 0 Å². The number of aryl methyl sites for hydroxylation is 1. The van der Waals surface area contributed by atoms with E-state index in [0.717, 1.165) is 53.2 Å². The fraction of sp³-hybridized carbons (Fsp3) is 0.568. The Kier molecular flexibility index (Phi) is 16.4. The molecule has 5 rings (SSSR count). The van der Waals surface area contributed by atoms with Crippen molar-refractivity contribution in [3.8, 4) is 5.75 Å². The van der Waals surface area contributed by atoms with Crippen LogP contribution in [0.4, 0.5) is 5.69 Å². The third kappa shape index (κ3) is 12.1. The van der Waals surface area contributed by atoms with E-state index < -0.39 is 30.5 Å². The van der Waals surface area contributed by atoms with E-state index in [2.05, 4.69) is 62.3 Å². The first-order chi connectivity index (χ1) is 27.6. The fourth-order valence-corrected chi connectivity index (χ4v) is 9.61. The highest BCUT2D eigenvalue weighted by atomic mass is 32.2. The van der Waals surface area contributed by atoms with Crippen molar-refractivity contribution in [2.24, 2.45) is 0 Å². The number of fused-ring (bicyclic) bond motifs is 1. The first-order valence-electron chi connectivity index (χ1n) is 20.4. The molecule has 2 heterocycles. The Bertz CT molecular complexity index is 1870. The zero-order valence-electron chi connectivity index (χ0n) is 35.8. The van der Waals surface area contributed by atoms with Gasteiger partial charge in [-0.25, -0.2) is 8.42 Å². The normalized spacial score (nSPS) is 19.1. The minimum Gasteiger partial charge on any atom is -0.490 e. The first kappa shape index (κ1) is 45.7. The molecule has 0 saturated carbocycles. The van der Waals surface area contributed by atoms with Crippen molar-refractivity contribution >= 4 is 29.9 Å². The van der Waals surface area contributed by atoms with Crippen LogP contribution in [0.5, 0.6) is 5.75 Å². The molecule has 0 radical (unpaired) electrons. The molecule has 3 aromatic rings. The summed E-state index contributed by atoms with van der Waals surface area (Å²) < 4.78 is 65.9. The predicted molar refractivity (Wildman–Crippen MR) is 230 cm³/mol. The fourth-order valence-electron chi connectivity index (χ4n) is 7.04. The maximum atomic E-state index is 14.6. The van der Waals surface area contributed by atoms with Gasteiger partial charge in [-0.1, -0.05) is 68.8 Å². The number of piperidine rings is 1. The second-order valence-corrected chi connectivity index (χ2v) is 23.6. The number of nitrogens with one attached hydrogen (secondary N) is 1. The number of ether oxygens (including phenoxy) is 5. The van der Waals surface area contributed by atoms with E-state index in [1.807, 2.05) is 43.3 Å². The molecule has 1 amide bonds. The third-order valence-corrected chi connectivity index (χ3v) is 18.0. The summed E-state index contributed by atoms with van der Waals surface area (Å²) in [6.07, 6.45) is 0.825. The lowest BCUT2D eigenvalue weighted by molar-refractivity contribution is -0.123. The maximum Gasteiger partial charge on any atom is 0.244 e. The van der Waals surface area contributed by atoms with Crippen molar-refractivity contribution < 1.29 is 41.3 Å². The average molecular weight is 840 g/mol. The predicted octanol–water partition coefficient (Wildman–Crippen LogP) is 6.66. The lowest BCUT2D eigenvalue weighted by Crippen LogP contribution is -2.56. The molecule has 1 saturated heterocycles. The van der Waals surface area contributed by atoms with Crippen LogP contribution >= 0.6 is 0 Å². The van der Waals surface area contributed by atoms with Crippen molar-refractivity contribution in [3.05, 3.63) is 89.0 Å². The minimum absolute atomic E-state index is 0.0558. The van der Waals surface area contributed by atoms with Gasteiger partial charge in [0.05, 0.1) is 49.7 Å². The summed E-state index contributed by atoms with van der Waals surface area (Å²) in [5.74, 6) is 0.395. The van der Waals surface area contributed by atoms with Gasteiger partial charge in [-0.05, 0) is 78.9 Å². The summed E-state index contributed by atoms with van der Waals surface area (Å²) in [5, 5.41) is 2.98. The van der Waals surface area contributed by atoms with E-state index >= 15 is 0 Å². The van der Waals surface area contributed by atoms with Gasteiger partial charge in [-0.15, -0.1) is 0 Å². The number of carbonyl (C=O) groups excluding carboxylic acids is 1. The molecule has 58 heavy (non-hydrogen) atoms. The van der Waals surface area contributed by atoms with Crippen LogP contribution in [-0.2, 0) is 51.4 Å².